The third kappa shape index (κ3) is 5.08. The highest BCUT2D eigenvalue weighted by molar-refractivity contribution is 14.1. The lowest BCUT2D eigenvalue weighted by Crippen LogP contribution is -2.26. The van der Waals surface area contributed by atoms with Crippen LogP contribution in [-0.2, 0) is 3.07 Å². The van der Waals surface area contributed by atoms with E-state index in [0.717, 1.165) is 0 Å². The van der Waals surface area contributed by atoms with Gasteiger partial charge in [0.25, 0.3) is 5.91 Å². The molecule has 0 unspecified atom stereocenters. The third-order valence-electron chi connectivity index (χ3n) is 4.47. The van der Waals surface area contributed by atoms with Crippen LogP contribution in [0.3, 0.4) is 0 Å². The van der Waals surface area contributed by atoms with Crippen molar-refractivity contribution in [2.45, 2.75) is 18.9 Å². The number of halogens is 2. The average Bonchev–Trinajstić information content (AvgIpc) is 3.10. The first-order chi connectivity index (χ1) is 14.2. The molecule has 3 aromatic rings. The van der Waals surface area contributed by atoms with E-state index in [2.05, 4.69) is 16.9 Å². The van der Waals surface area contributed by atoms with Gasteiger partial charge in [-0.1, -0.05) is 17.9 Å². The zero-order chi connectivity index (χ0) is 21.9. The highest BCUT2D eigenvalue weighted by atomic mass is 127. The lowest BCUT2D eigenvalue weighted by molar-refractivity contribution is 0.0996. The summed E-state index contributed by atoms with van der Waals surface area (Å²) < 4.78 is 27.7. The van der Waals surface area contributed by atoms with Crippen LogP contribution in [0.2, 0.25) is 0 Å². The quantitative estimate of drug-likeness (QED) is 0.295. The Kier molecular flexibility index (Phi) is 6.60. The monoisotopic (exact) mass is 522 g/mol. The van der Waals surface area contributed by atoms with Gasteiger partial charge in [0.1, 0.15) is 11.4 Å². The Hall–Kier alpha value is -2.68. The molecule has 1 atom stereocenters. The van der Waals surface area contributed by atoms with Gasteiger partial charge in [-0.25, -0.2) is 12.2 Å². The number of nitrogens with zero attached hydrogens (tertiary/aromatic N) is 3. The van der Waals surface area contributed by atoms with Crippen LogP contribution in [0.15, 0.2) is 42.5 Å². The fourth-order valence-electron chi connectivity index (χ4n) is 2.86. The smallest absolute Gasteiger partial charge is 0.269 e. The average molecular weight is 522 g/mol. The summed E-state index contributed by atoms with van der Waals surface area (Å²) in [6.07, 6.45) is 0.357. The van der Waals surface area contributed by atoms with Gasteiger partial charge in [0.2, 0.25) is 21.5 Å². The standard InChI is InChI=1S/C21H20FIN4O3/c1-21(29,10-11-26(2)23-30)9-8-14-4-3-5-16(12-14)27-18-7-6-15(22)13-17(18)19(25-27)20(24)28/h3-7,12-13,29H,10-11H2,1-2H3,(H2,24,28)/t21-/m0/s1. The summed E-state index contributed by atoms with van der Waals surface area (Å²) in [5.74, 6) is 4.54. The molecule has 3 N–H and O–H groups in total. The van der Waals surface area contributed by atoms with E-state index in [4.69, 9.17) is 5.73 Å². The molecule has 1 amide bonds. The van der Waals surface area contributed by atoms with Crippen LogP contribution in [0, 0.1) is 17.7 Å². The number of carbonyl (C=O) groups is 1. The van der Waals surface area contributed by atoms with Crippen molar-refractivity contribution >= 4 is 38.3 Å². The second-order valence-electron chi connectivity index (χ2n) is 7.01. The Balaban J connectivity index is 1.96. The van der Waals surface area contributed by atoms with Gasteiger partial charge in [0.15, 0.2) is 5.69 Å². The number of hydrogen-bond donors (Lipinski definition) is 2. The lowest BCUT2D eigenvalue weighted by Gasteiger charge is -2.17. The zero-order valence-corrected chi connectivity index (χ0v) is 18.6. The predicted molar refractivity (Wildman–Crippen MR) is 119 cm³/mol. The van der Waals surface area contributed by atoms with Crippen molar-refractivity contribution in [1.29, 1.82) is 0 Å². The minimum atomic E-state index is -1.26. The molecule has 0 fully saturated rings. The molecule has 30 heavy (non-hydrogen) atoms. The van der Waals surface area contributed by atoms with Crippen LogP contribution in [0.4, 0.5) is 4.39 Å². The van der Waals surface area contributed by atoms with E-state index in [1.165, 1.54) is 22.9 Å². The number of fused-ring (bicyclic) bond motifs is 1. The Labute approximate surface area is 183 Å². The van der Waals surface area contributed by atoms with Crippen LogP contribution >= 0.6 is 21.5 Å². The van der Waals surface area contributed by atoms with Crippen LogP contribution < -0.4 is 5.73 Å². The number of nitrogens with two attached hydrogens (primary N) is 1. The van der Waals surface area contributed by atoms with Crippen molar-refractivity contribution in [3.8, 4) is 17.5 Å². The molecule has 0 aliphatic rings. The number of primary amides is 1. The maximum atomic E-state index is 13.7. The molecule has 0 aliphatic carbocycles. The van der Waals surface area contributed by atoms with Gasteiger partial charge < -0.3 is 10.8 Å². The highest BCUT2D eigenvalue weighted by Gasteiger charge is 2.18. The number of hydrogen-bond acceptors (Lipinski definition) is 4. The topological polar surface area (TPSA) is 101 Å². The largest absolute Gasteiger partial charge is 0.378 e. The van der Waals surface area contributed by atoms with Gasteiger partial charge >= 0.3 is 0 Å². The lowest BCUT2D eigenvalue weighted by atomic mass is 10.0. The third-order valence-corrected chi connectivity index (χ3v) is 5.62. The summed E-state index contributed by atoms with van der Waals surface area (Å²) in [5.41, 5.74) is 5.92. The molecule has 3 rings (SSSR count). The molecule has 0 bridgehead atoms. The number of rotatable bonds is 6. The van der Waals surface area contributed by atoms with Gasteiger partial charge in [0.05, 0.1) is 11.2 Å². The normalized spacial score (nSPS) is 13.1. The molecule has 156 valence electrons. The van der Waals surface area contributed by atoms with Gasteiger partial charge in [-0.05, 0) is 50.4 Å². The summed E-state index contributed by atoms with van der Waals surface area (Å²) in [4.78, 5) is 11.7. The SMILES string of the molecule is CN(CC[C@@](C)(O)C#Cc1cccc(-n2nc(C(N)=O)c3cc(F)ccc32)c1)I=O. The predicted octanol–water partition coefficient (Wildman–Crippen LogP) is 2.92. The Morgan fingerprint density at radius 3 is 2.83 bits per heavy atom. The van der Waals surface area contributed by atoms with Crippen molar-refractivity contribution in [3.05, 3.63) is 59.5 Å². The van der Waals surface area contributed by atoms with Gasteiger partial charge in [-0.2, -0.15) is 5.10 Å². The minimum Gasteiger partial charge on any atom is -0.378 e. The fourth-order valence-corrected chi connectivity index (χ4v) is 3.30. The number of aromatic nitrogens is 2. The first-order valence-electron chi connectivity index (χ1n) is 9.03. The molecule has 7 nitrogen and oxygen atoms in total. The molecule has 1 aromatic heterocycles. The Morgan fingerprint density at radius 2 is 2.13 bits per heavy atom. The van der Waals surface area contributed by atoms with Crippen LogP contribution in [0.25, 0.3) is 16.6 Å². The van der Waals surface area contributed by atoms with Crippen LogP contribution in [0.1, 0.15) is 29.4 Å². The fraction of sp³-hybridized carbons (Fsp3) is 0.238. The van der Waals surface area contributed by atoms with Gasteiger partial charge in [0, 0.05) is 23.9 Å². The van der Waals surface area contributed by atoms with E-state index in [-0.39, 0.29) is 5.69 Å². The van der Waals surface area contributed by atoms with Crippen molar-refractivity contribution in [2.75, 3.05) is 13.6 Å². The molecular formula is C21H20FIN4O3. The summed E-state index contributed by atoms with van der Waals surface area (Å²) in [5, 5.41) is 15.0. The molecule has 9 heteroatoms. The second-order valence-corrected chi connectivity index (χ2v) is 9.05. The molecule has 1 heterocycles. The molecule has 0 aliphatic heterocycles. The molecular weight excluding hydrogens is 502 g/mol. The number of amides is 1. The first-order valence-corrected chi connectivity index (χ1v) is 10.9. The molecule has 0 radical (unpaired) electrons. The second kappa shape index (κ2) is 8.99. The molecule has 0 saturated heterocycles. The Bertz CT molecular complexity index is 1180. The maximum Gasteiger partial charge on any atom is 0.269 e. The number of aliphatic hydroxyl groups is 1. The first kappa shape index (κ1) is 22.0. The maximum absolute atomic E-state index is 13.7. The van der Waals surface area contributed by atoms with Crippen LogP contribution in [-0.4, -0.2) is 43.1 Å². The van der Waals surface area contributed by atoms with Crippen molar-refractivity contribution in [3.63, 3.8) is 0 Å². The zero-order valence-electron chi connectivity index (χ0n) is 16.4. The molecule has 2 aromatic carbocycles. The summed E-state index contributed by atoms with van der Waals surface area (Å²) in [6, 6.07) is 11.1. The summed E-state index contributed by atoms with van der Waals surface area (Å²) in [6.45, 7) is 2.08. The molecule has 0 spiro atoms. The van der Waals surface area contributed by atoms with E-state index in [0.29, 0.717) is 35.1 Å². The number of benzene rings is 2. The van der Waals surface area contributed by atoms with Crippen molar-refractivity contribution in [2.24, 2.45) is 5.73 Å². The van der Waals surface area contributed by atoms with E-state index >= 15 is 0 Å². The van der Waals surface area contributed by atoms with Gasteiger partial charge in [-0.15, -0.1) is 0 Å². The summed E-state index contributed by atoms with van der Waals surface area (Å²) >= 11 is -1.26. The van der Waals surface area contributed by atoms with E-state index in [1.54, 1.807) is 41.4 Å². The highest BCUT2D eigenvalue weighted by Crippen LogP contribution is 2.23. The van der Waals surface area contributed by atoms with Crippen molar-refractivity contribution < 1.29 is 17.4 Å². The molecule has 0 saturated carbocycles. The van der Waals surface area contributed by atoms with E-state index in [9.17, 15) is 17.4 Å². The van der Waals surface area contributed by atoms with Crippen LogP contribution in [0.5, 0.6) is 0 Å². The van der Waals surface area contributed by atoms with E-state index < -0.39 is 38.8 Å². The van der Waals surface area contributed by atoms with E-state index in [1.807, 2.05) is 0 Å². The number of carbonyl (C=O) groups excluding carboxylic acids is 1. The Morgan fingerprint density at radius 1 is 1.37 bits per heavy atom. The summed E-state index contributed by atoms with van der Waals surface area (Å²) in [7, 11) is 1.73. The van der Waals surface area contributed by atoms with Crippen molar-refractivity contribution in [1.82, 2.24) is 12.9 Å². The van der Waals surface area contributed by atoms with Gasteiger partial charge in [-0.3, -0.25) is 7.86 Å². The minimum absolute atomic E-state index is 0.0192.